The van der Waals surface area contributed by atoms with Gasteiger partial charge in [-0.05, 0) is 13.0 Å². The molecule has 94 valence electrons. The third-order valence-corrected chi connectivity index (χ3v) is 2.96. The van der Waals surface area contributed by atoms with E-state index in [2.05, 4.69) is 4.84 Å². The second kappa shape index (κ2) is 5.17. The molecule has 17 heavy (non-hydrogen) atoms. The normalized spacial score (nSPS) is 11.4. The van der Waals surface area contributed by atoms with Crippen molar-refractivity contribution in [3.63, 3.8) is 0 Å². The van der Waals surface area contributed by atoms with Gasteiger partial charge in [0.15, 0.2) is 0 Å². The van der Waals surface area contributed by atoms with Gasteiger partial charge in [0.05, 0.1) is 11.5 Å². The van der Waals surface area contributed by atoms with Crippen molar-refractivity contribution in [2.75, 3.05) is 6.61 Å². The molecule has 0 radical (unpaired) electrons. The summed E-state index contributed by atoms with van der Waals surface area (Å²) in [6.07, 6.45) is 0. The first kappa shape index (κ1) is 13.5. The molecule has 9 heteroatoms. The minimum absolute atomic E-state index is 0.0375. The van der Waals surface area contributed by atoms with Crippen LogP contribution in [0.25, 0.3) is 0 Å². The SMILES string of the molecule is CCONS(=O)(=O)c1cc([N+](=O)[O-])ccc1F. The average Bonchev–Trinajstić information content (AvgIpc) is 2.26. The standard InChI is InChI=1S/C8H9FN2O5S/c1-2-16-10-17(14,15)8-5-6(11(12)13)3-4-7(8)9/h3-5,10H,2H2,1H3. The quantitative estimate of drug-likeness (QED) is 0.631. The van der Waals surface area contributed by atoms with Crippen LogP contribution in [0.3, 0.4) is 0 Å². The lowest BCUT2D eigenvalue weighted by molar-refractivity contribution is -0.385. The number of nitrogens with zero attached hydrogens (tertiary/aromatic N) is 1. The summed E-state index contributed by atoms with van der Waals surface area (Å²) in [6.45, 7) is 1.56. The van der Waals surface area contributed by atoms with E-state index in [9.17, 15) is 22.9 Å². The Balaban J connectivity index is 3.20. The third-order valence-electron chi connectivity index (χ3n) is 1.73. The molecule has 0 bridgehead atoms. The minimum atomic E-state index is -4.26. The summed E-state index contributed by atoms with van der Waals surface area (Å²) in [5.41, 5.74) is -0.525. The summed E-state index contributed by atoms with van der Waals surface area (Å²) >= 11 is 0. The van der Waals surface area contributed by atoms with Gasteiger partial charge >= 0.3 is 0 Å². The van der Waals surface area contributed by atoms with Crippen LogP contribution in [0.15, 0.2) is 23.1 Å². The number of halogens is 1. The molecule has 1 N–H and O–H groups in total. The predicted octanol–water partition coefficient (Wildman–Crippen LogP) is 0.964. The van der Waals surface area contributed by atoms with Crippen LogP contribution in [0.5, 0.6) is 0 Å². The molecule has 1 rings (SSSR count). The fraction of sp³-hybridized carbons (Fsp3) is 0.250. The van der Waals surface area contributed by atoms with Gasteiger partial charge in [0, 0.05) is 12.1 Å². The van der Waals surface area contributed by atoms with Crippen molar-refractivity contribution in [2.24, 2.45) is 0 Å². The van der Waals surface area contributed by atoms with Gasteiger partial charge in [0.1, 0.15) is 10.7 Å². The van der Waals surface area contributed by atoms with Crippen molar-refractivity contribution in [1.29, 1.82) is 0 Å². The van der Waals surface area contributed by atoms with Crippen molar-refractivity contribution >= 4 is 15.7 Å². The predicted molar refractivity (Wildman–Crippen MR) is 55.0 cm³/mol. The Kier molecular flexibility index (Phi) is 4.10. The molecule has 0 unspecified atom stereocenters. The number of sulfonamides is 1. The first-order chi connectivity index (χ1) is 7.88. The molecule has 1 aromatic carbocycles. The van der Waals surface area contributed by atoms with Crippen molar-refractivity contribution in [2.45, 2.75) is 11.8 Å². The maximum atomic E-state index is 13.3. The molecule has 0 aliphatic heterocycles. The second-order valence-electron chi connectivity index (χ2n) is 2.89. The number of rotatable bonds is 5. The fourth-order valence-corrected chi connectivity index (χ4v) is 1.96. The van der Waals surface area contributed by atoms with E-state index in [-0.39, 0.29) is 6.61 Å². The molecule has 0 aliphatic carbocycles. The molecule has 0 amide bonds. The van der Waals surface area contributed by atoms with E-state index in [0.29, 0.717) is 12.1 Å². The molecule has 0 atom stereocenters. The molecule has 0 aliphatic rings. The molecule has 1 aromatic rings. The third kappa shape index (κ3) is 3.19. The monoisotopic (exact) mass is 264 g/mol. The number of hydrogen-bond donors (Lipinski definition) is 1. The zero-order valence-corrected chi connectivity index (χ0v) is 9.53. The van der Waals surface area contributed by atoms with Crippen LogP contribution < -0.4 is 4.89 Å². The number of nitro groups is 1. The topological polar surface area (TPSA) is 98.5 Å². The number of nitro benzene ring substituents is 1. The fourth-order valence-electron chi connectivity index (χ4n) is 0.993. The molecular weight excluding hydrogens is 255 g/mol. The zero-order chi connectivity index (χ0) is 13.1. The van der Waals surface area contributed by atoms with E-state index in [1.165, 1.54) is 6.92 Å². The number of hydrogen-bond acceptors (Lipinski definition) is 5. The summed E-state index contributed by atoms with van der Waals surface area (Å²) in [6, 6.07) is 2.20. The van der Waals surface area contributed by atoms with Crippen molar-refractivity contribution in [3.05, 3.63) is 34.1 Å². The van der Waals surface area contributed by atoms with Gasteiger partial charge in [-0.2, -0.15) is 0 Å². The van der Waals surface area contributed by atoms with Gasteiger partial charge < -0.3 is 0 Å². The Morgan fingerprint density at radius 2 is 2.18 bits per heavy atom. The highest BCUT2D eigenvalue weighted by atomic mass is 32.2. The minimum Gasteiger partial charge on any atom is -0.287 e. The van der Waals surface area contributed by atoms with Crippen LogP contribution in [0.2, 0.25) is 0 Å². The van der Waals surface area contributed by atoms with Crippen molar-refractivity contribution in [3.8, 4) is 0 Å². The van der Waals surface area contributed by atoms with E-state index in [1.807, 2.05) is 0 Å². The molecule has 0 saturated carbocycles. The van der Waals surface area contributed by atoms with Gasteiger partial charge in [-0.25, -0.2) is 12.8 Å². The van der Waals surface area contributed by atoms with Crippen molar-refractivity contribution < 1.29 is 22.6 Å². The van der Waals surface area contributed by atoms with Gasteiger partial charge in [0.25, 0.3) is 15.7 Å². The highest BCUT2D eigenvalue weighted by Gasteiger charge is 2.22. The number of non-ortho nitro benzene ring substituents is 1. The Labute approximate surface area is 96.4 Å². The van der Waals surface area contributed by atoms with Gasteiger partial charge in [0.2, 0.25) is 0 Å². The molecule has 0 aromatic heterocycles. The number of benzene rings is 1. The van der Waals surface area contributed by atoms with E-state index in [0.717, 1.165) is 6.07 Å². The van der Waals surface area contributed by atoms with Crippen LogP contribution in [0.4, 0.5) is 10.1 Å². The molecule has 0 fully saturated rings. The molecule has 0 saturated heterocycles. The lowest BCUT2D eigenvalue weighted by atomic mass is 10.3. The summed E-state index contributed by atoms with van der Waals surface area (Å²) in [7, 11) is -4.26. The first-order valence-corrected chi connectivity index (χ1v) is 5.94. The van der Waals surface area contributed by atoms with Gasteiger partial charge in [-0.3, -0.25) is 15.0 Å². The van der Waals surface area contributed by atoms with Gasteiger partial charge in [-0.1, -0.05) is 4.89 Å². The van der Waals surface area contributed by atoms with Crippen LogP contribution in [0, 0.1) is 15.9 Å². The zero-order valence-electron chi connectivity index (χ0n) is 8.71. The Morgan fingerprint density at radius 3 is 2.71 bits per heavy atom. The van der Waals surface area contributed by atoms with Gasteiger partial charge in [-0.15, -0.1) is 0 Å². The largest absolute Gasteiger partial charge is 0.287 e. The summed E-state index contributed by atoms with van der Waals surface area (Å²) in [4.78, 5) is 14.9. The number of nitrogens with one attached hydrogen (secondary N) is 1. The maximum absolute atomic E-state index is 13.3. The van der Waals surface area contributed by atoms with Crippen LogP contribution in [0.1, 0.15) is 6.92 Å². The molecule has 0 spiro atoms. The Morgan fingerprint density at radius 1 is 1.53 bits per heavy atom. The first-order valence-electron chi connectivity index (χ1n) is 4.46. The lowest BCUT2D eigenvalue weighted by Crippen LogP contribution is -2.25. The molecule has 7 nitrogen and oxygen atoms in total. The molecule has 0 heterocycles. The van der Waals surface area contributed by atoms with E-state index in [1.54, 1.807) is 4.89 Å². The van der Waals surface area contributed by atoms with Crippen LogP contribution >= 0.6 is 0 Å². The summed E-state index contributed by atoms with van der Waals surface area (Å²) in [5.74, 6) is -1.09. The highest BCUT2D eigenvalue weighted by Crippen LogP contribution is 2.20. The van der Waals surface area contributed by atoms with Crippen LogP contribution in [-0.4, -0.2) is 19.9 Å². The Hall–Kier alpha value is -1.58. The summed E-state index contributed by atoms with van der Waals surface area (Å²) in [5, 5.41) is 10.4. The van der Waals surface area contributed by atoms with E-state index in [4.69, 9.17) is 0 Å². The van der Waals surface area contributed by atoms with Crippen molar-refractivity contribution in [1.82, 2.24) is 4.89 Å². The van der Waals surface area contributed by atoms with E-state index >= 15 is 0 Å². The second-order valence-corrected chi connectivity index (χ2v) is 4.50. The Bertz CT molecular complexity index is 531. The lowest BCUT2D eigenvalue weighted by Gasteiger charge is -2.06. The maximum Gasteiger partial charge on any atom is 0.270 e. The summed E-state index contributed by atoms with van der Waals surface area (Å²) < 4.78 is 36.2. The highest BCUT2D eigenvalue weighted by molar-refractivity contribution is 7.89. The molecular formula is C8H9FN2O5S. The van der Waals surface area contributed by atoms with Crippen LogP contribution in [-0.2, 0) is 14.9 Å². The smallest absolute Gasteiger partial charge is 0.270 e. The average molecular weight is 264 g/mol. The van der Waals surface area contributed by atoms with E-state index < -0.39 is 31.3 Å².